The van der Waals surface area contributed by atoms with Crippen molar-refractivity contribution in [3.05, 3.63) is 11.1 Å². The molecule has 0 radical (unpaired) electrons. The Hall–Kier alpha value is -2.69. The number of aromatic nitrogens is 1. The third kappa shape index (κ3) is 7.14. The van der Waals surface area contributed by atoms with Gasteiger partial charge in [-0.3, -0.25) is 4.79 Å². The first kappa shape index (κ1) is 23.3. The summed E-state index contributed by atoms with van der Waals surface area (Å²) in [6.07, 6.45) is 0.766. The third-order valence-corrected chi connectivity index (χ3v) is 4.48. The quantitative estimate of drug-likeness (QED) is 0.304. The van der Waals surface area contributed by atoms with Crippen molar-refractivity contribution in [3.63, 3.8) is 0 Å². The lowest BCUT2D eigenvalue weighted by Crippen LogP contribution is -2.45. The maximum Gasteiger partial charge on any atom is 0.407 e. The molecule has 1 aromatic rings. The van der Waals surface area contributed by atoms with Gasteiger partial charge in [-0.15, -0.1) is 11.3 Å². The van der Waals surface area contributed by atoms with Gasteiger partial charge in [0, 0.05) is 5.38 Å². The fourth-order valence-electron chi connectivity index (χ4n) is 2.05. The number of amides is 2. The van der Waals surface area contributed by atoms with Crippen LogP contribution in [0.2, 0.25) is 0 Å². The maximum atomic E-state index is 11.9. The van der Waals surface area contributed by atoms with Crippen LogP contribution in [0, 0.1) is 0 Å². The molecule has 0 aliphatic rings. The minimum atomic E-state index is -1.33. The van der Waals surface area contributed by atoms with Crippen molar-refractivity contribution in [1.82, 2.24) is 10.3 Å². The van der Waals surface area contributed by atoms with Crippen LogP contribution >= 0.6 is 11.3 Å². The van der Waals surface area contributed by atoms with E-state index in [0.717, 1.165) is 11.3 Å². The number of carbonyl (C=O) groups is 3. The van der Waals surface area contributed by atoms with Gasteiger partial charge < -0.3 is 25.3 Å². The molecule has 3 N–H and O–H groups in total. The number of nitrogens with zero attached hydrogens (tertiary/aromatic N) is 2. The summed E-state index contributed by atoms with van der Waals surface area (Å²) in [5.41, 5.74) is -1.91. The molecule has 156 valence electrons. The summed E-state index contributed by atoms with van der Waals surface area (Å²) in [6, 6.07) is 0. The van der Waals surface area contributed by atoms with Gasteiger partial charge in [0.15, 0.2) is 10.7 Å². The Labute approximate surface area is 167 Å². The minimum absolute atomic E-state index is 0.0584. The molecule has 0 saturated heterocycles. The van der Waals surface area contributed by atoms with E-state index >= 15 is 0 Å². The smallest absolute Gasteiger partial charge is 0.407 e. The van der Waals surface area contributed by atoms with Crippen LogP contribution in [0.15, 0.2) is 10.5 Å². The topological polar surface area (TPSA) is 139 Å². The Morgan fingerprint density at radius 3 is 2.46 bits per heavy atom. The monoisotopic (exact) mass is 414 g/mol. The number of nitrogens with one attached hydrogen (secondary N) is 2. The number of anilines is 1. The summed E-state index contributed by atoms with van der Waals surface area (Å²) in [4.78, 5) is 43.5. The molecule has 10 nitrogen and oxygen atoms in total. The first-order chi connectivity index (χ1) is 13.1. The molecule has 0 fully saturated rings. The summed E-state index contributed by atoms with van der Waals surface area (Å²) < 4.78 is 5.20. The Morgan fingerprint density at radius 1 is 1.32 bits per heavy atom. The van der Waals surface area contributed by atoms with E-state index in [1.54, 1.807) is 20.8 Å². The molecule has 2 amide bonds. The van der Waals surface area contributed by atoms with Crippen molar-refractivity contribution in [2.45, 2.75) is 58.7 Å². The minimum Gasteiger partial charge on any atom is -0.476 e. The molecule has 1 rings (SSSR count). The number of hydrogen-bond acceptors (Lipinski definition) is 8. The molecule has 0 aliphatic carbocycles. The van der Waals surface area contributed by atoms with Gasteiger partial charge >= 0.3 is 12.1 Å². The van der Waals surface area contributed by atoms with Gasteiger partial charge in [-0.25, -0.2) is 14.6 Å². The van der Waals surface area contributed by atoms with Gasteiger partial charge in [0.1, 0.15) is 11.3 Å². The highest BCUT2D eigenvalue weighted by molar-refractivity contribution is 7.14. The van der Waals surface area contributed by atoms with E-state index in [9.17, 15) is 19.5 Å². The van der Waals surface area contributed by atoms with Gasteiger partial charge in [-0.2, -0.15) is 0 Å². The van der Waals surface area contributed by atoms with E-state index in [4.69, 9.17) is 9.57 Å². The zero-order chi connectivity index (χ0) is 21.4. The van der Waals surface area contributed by atoms with E-state index in [1.165, 1.54) is 5.38 Å². The van der Waals surface area contributed by atoms with Gasteiger partial charge in [0.25, 0.3) is 0 Å². The molecule has 0 atom stereocenters. The first-order valence-electron chi connectivity index (χ1n) is 8.68. The number of alkyl carbamates (subject to hydrolysis) is 1. The van der Waals surface area contributed by atoms with Crippen LogP contribution in [0.25, 0.3) is 0 Å². The average Bonchev–Trinajstić information content (AvgIpc) is 3.05. The largest absolute Gasteiger partial charge is 0.476 e. The first-order valence-corrected chi connectivity index (χ1v) is 9.56. The number of rotatable bonds is 10. The van der Waals surface area contributed by atoms with E-state index in [0.29, 0.717) is 19.3 Å². The number of aliphatic carboxylic acids is 1. The molecule has 0 spiro atoms. The molecular weight excluding hydrogens is 388 g/mol. The fourth-order valence-corrected chi connectivity index (χ4v) is 2.70. The predicted octanol–water partition coefficient (Wildman–Crippen LogP) is 2.60. The summed E-state index contributed by atoms with van der Waals surface area (Å²) in [7, 11) is 0. The highest BCUT2D eigenvalue weighted by Crippen LogP contribution is 2.22. The summed E-state index contributed by atoms with van der Waals surface area (Å²) in [5.74, 6) is -1.33. The number of carbonyl (C=O) groups excluding carboxylic acids is 2. The molecular formula is C17H26N4O6S. The molecule has 28 heavy (non-hydrogen) atoms. The number of oxime groups is 1. The summed E-state index contributed by atoms with van der Waals surface area (Å²) in [6.45, 7) is 9.01. The number of hydrogen-bond donors (Lipinski definition) is 3. The number of carboxylic acids is 1. The molecule has 11 heteroatoms. The SMILES string of the molecule is CCC(CC)(CNC(=O)OC(C)(C)C)ON=C(C(=O)O)c1csc(NC=O)n1. The zero-order valence-electron chi connectivity index (χ0n) is 16.6. The molecule has 0 aromatic carbocycles. The van der Waals surface area contributed by atoms with E-state index in [-0.39, 0.29) is 17.4 Å². The van der Waals surface area contributed by atoms with Gasteiger partial charge in [-0.1, -0.05) is 19.0 Å². The van der Waals surface area contributed by atoms with Crippen molar-refractivity contribution in [3.8, 4) is 0 Å². The lowest BCUT2D eigenvalue weighted by molar-refractivity contribution is -0.129. The summed E-state index contributed by atoms with van der Waals surface area (Å²) >= 11 is 1.06. The maximum absolute atomic E-state index is 11.9. The van der Waals surface area contributed by atoms with Crippen LogP contribution < -0.4 is 10.6 Å². The van der Waals surface area contributed by atoms with Crippen LogP contribution in [0.5, 0.6) is 0 Å². The van der Waals surface area contributed by atoms with Crippen LogP contribution in [0.1, 0.15) is 53.2 Å². The molecule has 1 heterocycles. The average molecular weight is 414 g/mol. The Morgan fingerprint density at radius 2 is 1.96 bits per heavy atom. The Kier molecular flexibility index (Phi) is 8.35. The highest BCUT2D eigenvalue weighted by Gasteiger charge is 2.31. The molecule has 1 aromatic heterocycles. The standard InChI is InChI=1S/C17H26N4O6S/c1-6-17(7-2,9-18-15(25)26-16(3,4)5)27-21-12(13(23)24)11-8-28-14(20-11)19-10-22/h8,10H,6-7,9H2,1-5H3,(H,18,25)(H,23,24)(H,19,20,22). The van der Waals surface area contributed by atoms with Gasteiger partial charge in [0.05, 0.1) is 6.54 Å². The van der Waals surface area contributed by atoms with E-state index < -0.39 is 29.0 Å². The summed E-state index contributed by atoms with van der Waals surface area (Å²) in [5, 5.41) is 19.9. The Bertz CT molecular complexity index is 721. The molecule has 0 aliphatic heterocycles. The predicted molar refractivity (Wildman–Crippen MR) is 105 cm³/mol. The van der Waals surface area contributed by atoms with Crippen LogP contribution in [-0.4, -0.2) is 52.0 Å². The highest BCUT2D eigenvalue weighted by atomic mass is 32.1. The van der Waals surface area contributed by atoms with E-state index in [2.05, 4.69) is 20.8 Å². The second-order valence-electron chi connectivity index (χ2n) is 6.88. The zero-order valence-corrected chi connectivity index (χ0v) is 17.4. The molecule has 0 unspecified atom stereocenters. The van der Waals surface area contributed by atoms with Gasteiger partial charge in [-0.05, 0) is 33.6 Å². The van der Waals surface area contributed by atoms with Crippen LogP contribution in [0.3, 0.4) is 0 Å². The number of thiazole rings is 1. The third-order valence-electron chi connectivity index (χ3n) is 3.70. The normalized spacial score (nSPS) is 12.2. The Balaban J connectivity index is 2.95. The molecule has 0 saturated carbocycles. The number of carboxylic acid groups (broad SMARTS) is 1. The number of ether oxygens (including phenoxy) is 1. The second kappa shape index (κ2) is 10.0. The van der Waals surface area contributed by atoms with E-state index in [1.807, 2.05) is 13.8 Å². The van der Waals surface area contributed by atoms with Crippen LogP contribution in [0.4, 0.5) is 9.93 Å². The lowest BCUT2D eigenvalue weighted by atomic mass is 9.97. The van der Waals surface area contributed by atoms with Crippen molar-refractivity contribution in [2.75, 3.05) is 11.9 Å². The van der Waals surface area contributed by atoms with Crippen molar-refractivity contribution < 1.29 is 29.1 Å². The second-order valence-corrected chi connectivity index (χ2v) is 7.74. The fraction of sp³-hybridized carbons (Fsp3) is 0.588. The van der Waals surface area contributed by atoms with Crippen LogP contribution in [-0.2, 0) is 19.2 Å². The van der Waals surface area contributed by atoms with Gasteiger partial charge in [0.2, 0.25) is 12.1 Å². The van der Waals surface area contributed by atoms with Crippen molar-refractivity contribution in [2.24, 2.45) is 5.16 Å². The molecule has 0 bridgehead atoms. The van der Waals surface area contributed by atoms with Crippen molar-refractivity contribution in [1.29, 1.82) is 0 Å². The lowest BCUT2D eigenvalue weighted by Gasteiger charge is -2.30. The van der Waals surface area contributed by atoms with Crippen molar-refractivity contribution >= 4 is 40.7 Å².